The molecule has 0 spiro atoms. The van der Waals surface area contributed by atoms with E-state index in [9.17, 15) is 13.2 Å². The maximum absolute atomic E-state index is 12.8. The van der Waals surface area contributed by atoms with Gasteiger partial charge in [-0.15, -0.1) is 11.3 Å². The van der Waals surface area contributed by atoms with Gasteiger partial charge in [-0.25, -0.2) is 8.42 Å². The third-order valence-corrected chi connectivity index (χ3v) is 7.65. The fraction of sp³-hybridized carbons (Fsp3) is 0.389. The van der Waals surface area contributed by atoms with Gasteiger partial charge in [-0.3, -0.25) is 4.79 Å². The standard InChI is InChI=1S/C18H22N2O4S2/c1-14(21)19(2)8-7-15-5-6-17-16(12-15)13-20(9-10-24-17)26(22,23)18-4-3-11-25-18/h3-6,11-12H,7-10,13H2,1-2H3. The molecule has 0 bridgehead atoms. The third kappa shape index (κ3) is 4.08. The van der Waals surface area contributed by atoms with Crippen molar-refractivity contribution in [3.63, 3.8) is 0 Å². The van der Waals surface area contributed by atoms with Crippen LogP contribution in [-0.4, -0.2) is 50.3 Å². The van der Waals surface area contributed by atoms with Crippen LogP contribution in [0, 0.1) is 0 Å². The smallest absolute Gasteiger partial charge is 0.252 e. The molecule has 8 heteroatoms. The van der Waals surface area contributed by atoms with Crippen molar-refractivity contribution >= 4 is 27.3 Å². The summed E-state index contributed by atoms with van der Waals surface area (Å²) in [5, 5.41) is 1.76. The molecule has 1 aromatic heterocycles. The van der Waals surface area contributed by atoms with Crippen molar-refractivity contribution < 1.29 is 17.9 Å². The molecule has 1 aliphatic heterocycles. The molecule has 0 unspecified atom stereocenters. The van der Waals surface area contributed by atoms with Crippen LogP contribution in [0.15, 0.2) is 39.9 Å². The van der Waals surface area contributed by atoms with Crippen LogP contribution in [0.3, 0.4) is 0 Å². The number of hydrogen-bond acceptors (Lipinski definition) is 5. The first-order valence-corrected chi connectivity index (χ1v) is 10.7. The molecule has 0 aliphatic carbocycles. The van der Waals surface area contributed by atoms with Crippen molar-refractivity contribution in [3.8, 4) is 5.75 Å². The van der Waals surface area contributed by atoms with Crippen molar-refractivity contribution in [2.24, 2.45) is 0 Å². The highest BCUT2D eigenvalue weighted by molar-refractivity contribution is 7.91. The summed E-state index contributed by atoms with van der Waals surface area (Å²) in [5.74, 6) is 0.744. The van der Waals surface area contributed by atoms with Gasteiger partial charge >= 0.3 is 0 Å². The van der Waals surface area contributed by atoms with Crippen LogP contribution >= 0.6 is 11.3 Å². The lowest BCUT2D eigenvalue weighted by molar-refractivity contribution is -0.127. The van der Waals surface area contributed by atoms with E-state index >= 15 is 0 Å². The van der Waals surface area contributed by atoms with Gasteiger partial charge in [0.1, 0.15) is 16.6 Å². The quantitative estimate of drug-likeness (QED) is 0.781. The Morgan fingerprint density at radius 2 is 2.15 bits per heavy atom. The first kappa shape index (κ1) is 18.9. The minimum absolute atomic E-state index is 0.0244. The van der Waals surface area contributed by atoms with E-state index in [1.807, 2.05) is 18.2 Å². The van der Waals surface area contributed by atoms with Gasteiger partial charge in [0.15, 0.2) is 0 Å². The van der Waals surface area contributed by atoms with E-state index in [0.29, 0.717) is 30.3 Å². The molecule has 3 rings (SSSR count). The zero-order valence-electron chi connectivity index (χ0n) is 14.8. The molecule has 2 aromatic rings. The average molecular weight is 395 g/mol. The number of sulfonamides is 1. The van der Waals surface area contributed by atoms with Gasteiger partial charge in [-0.1, -0.05) is 18.2 Å². The number of thiophene rings is 1. The van der Waals surface area contributed by atoms with Crippen molar-refractivity contribution in [2.45, 2.75) is 24.1 Å². The number of nitrogens with zero attached hydrogens (tertiary/aromatic N) is 2. The summed E-state index contributed by atoms with van der Waals surface area (Å²) < 4.78 is 33.2. The van der Waals surface area contributed by atoms with Crippen LogP contribution in [0.1, 0.15) is 18.1 Å². The fourth-order valence-electron chi connectivity index (χ4n) is 2.78. The van der Waals surface area contributed by atoms with Crippen LogP contribution in [-0.2, 0) is 27.8 Å². The van der Waals surface area contributed by atoms with Crippen LogP contribution in [0.2, 0.25) is 0 Å². The Morgan fingerprint density at radius 1 is 1.35 bits per heavy atom. The van der Waals surface area contributed by atoms with Gasteiger partial charge in [-0.2, -0.15) is 4.31 Å². The molecule has 0 saturated carbocycles. The van der Waals surface area contributed by atoms with Gasteiger partial charge in [0.05, 0.1) is 0 Å². The first-order chi connectivity index (χ1) is 12.4. The number of fused-ring (bicyclic) bond motifs is 1. The van der Waals surface area contributed by atoms with Crippen LogP contribution in [0.4, 0.5) is 0 Å². The lowest BCUT2D eigenvalue weighted by Crippen LogP contribution is -2.32. The van der Waals surface area contributed by atoms with Crippen molar-refractivity contribution in [3.05, 3.63) is 46.8 Å². The minimum Gasteiger partial charge on any atom is -0.492 e. The molecule has 0 radical (unpaired) electrons. The Kier molecular flexibility index (Phi) is 5.64. The Balaban J connectivity index is 1.80. The van der Waals surface area contributed by atoms with E-state index < -0.39 is 10.0 Å². The number of amides is 1. The molecule has 0 saturated heterocycles. The molecule has 0 N–H and O–H groups in total. The molecule has 2 heterocycles. The molecular weight excluding hydrogens is 372 g/mol. The molecule has 1 aromatic carbocycles. The van der Waals surface area contributed by atoms with E-state index in [0.717, 1.165) is 16.9 Å². The summed E-state index contributed by atoms with van der Waals surface area (Å²) in [6, 6.07) is 9.20. The topological polar surface area (TPSA) is 66.9 Å². The Labute approximate surface area is 158 Å². The zero-order valence-corrected chi connectivity index (χ0v) is 16.5. The van der Waals surface area contributed by atoms with E-state index in [4.69, 9.17) is 4.74 Å². The highest BCUT2D eigenvalue weighted by Crippen LogP contribution is 2.29. The molecule has 6 nitrogen and oxygen atoms in total. The molecule has 140 valence electrons. The van der Waals surface area contributed by atoms with Crippen molar-refractivity contribution in [1.29, 1.82) is 0 Å². The third-order valence-electron chi connectivity index (χ3n) is 4.43. The SMILES string of the molecule is CC(=O)N(C)CCc1ccc2c(c1)CN(S(=O)(=O)c1cccs1)CCO2. The maximum Gasteiger partial charge on any atom is 0.252 e. The lowest BCUT2D eigenvalue weighted by atomic mass is 10.1. The molecule has 0 fully saturated rings. The highest BCUT2D eigenvalue weighted by Gasteiger charge is 2.28. The highest BCUT2D eigenvalue weighted by atomic mass is 32.2. The second kappa shape index (κ2) is 7.77. The van der Waals surface area contributed by atoms with Crippen LogP contribution < -0.4 is 4.74 Å². The molecule has 26 heavy (non-hydrogen) atoms. The predicted octanol–water partition coefficient (Wildman–Crippen LogP) is 2.35. The Bertz CT molecular complexity index is 879. The number of hydrogen-bond donors (Lipinski definition) is 0. The monoisotopic (exact) mass is 394 g/mol. The number of carbonyl (C=O) groups is 1. The fourth-order valence-corrected chi connectivity index (χ4v) is 5.32. The number of likely N-dealkylation sites (N-methyl/N-ethyl adjacent to an activating group) is 1. The Hall–Kier alpha value is -1.90. The zero-order chi connectivity index (χ0) is 18.7. The second-order valence-electron chi connectivity index (χ2n) is 6.25. The number of ether oxygens (including phenoxy) is 1. The largest absolute Gasteiger partial charge is 0.492 e. The second-order valence-corrected chi connectivity index (χ2v) is 9.36. The number of rotatable bonds is 5. The van der Waals surface area contributed by atoms with Gasteiger partial charge in [0.2, 0.25) is 5.91 Å². The number of carbonyl (C=O) groups excluding carboxylic acids is 1. The van der Waals surface area contributed by atoms with Crippen LogP contribution in [0.25, 0.3) is 0 Å². The van der Waals surface area contributed by atoms with E-state index in [-0.39, 0.29) is 12.5 Å². The summed E-state index contributed by atoms with van der Waals surface area (Å²) in [6.07, 6.45) is 0.709. The number of benzene rings is 1. The molecular formula is C18H22N2O4S2. The van der Waals surface area contributed by atoms with E-state index in [1.54, 1.807) is 29.5 Å². The van der Waals surface area contributed by atoms with Gasteiger partial charge in [0, 0.05) is 39.2 Å². The van der Waals surface area contributed by atoms with Gasteiger partial charge in [0.25, 0.3) is 10.0 Å². The molecule has 1 amide bonds. The van der Waals surface area contributed by atoms with Crippen molar-refractivity contribution in [2.75, 3.05) is 26.7 Å². The summed E-state index contributed by atoms with van der Waals surface area (Å²) in [4.78, 5) is 13.0. The van der Waals surface area contributed by atoms with E-state index in [1.165, 1.54) is 22.6 Å². The summed E-state index contributed by atoms with van der Waals surface area (Å²) in [5.41, 5.74) is 1.90. The summed E-state index contributed by atoms with van der Waals surface area (Å²) in [7, 11) is -1.75. The predicted molar refractivity (Wildman–Crippen MR) is 101 cm³/mol. The minimum atomic E-state index is -3.52. The summed E-state index contributed by atoms with van der Waals surface area (Å²) >= 11 is 1.22. The molecule has 1 aliphatic rings. The summed E-state index contributed by atoms with van der Waals surface area (Å²) in [6.45, 7) is 3.08. The van der Waals surface area contributed by atoms with Gasteiger partial charge in [-0.05, 0) is 29.5 Å². The first-order valence-electron chi connectivity index (χ1n) is 8.38. The Morgan fingerprint density at radius 3 is 2.85 bits per heavy atom. The van der Waals surface area contributed by atoms with Crippen LogP contribution in [0.5, 0.6) is 5.75 Å². The molecule has 0 atom stereocenters. The van der Waals surface area contributed by atoms with Crippen molar-refractivity contribution in [1.82, 2.24) is 9.21 Å². The lowest BCUT2D eigenvalue weighted by Gasteiger charge is -2.19. The van der Waals surface area contributed by atoms with Gasteiger partial charge < -0.3 is 9.64 Å². The normalized spacial score (nSPS) is 15.0. The van der Waals surface area contributed by atoms with E-state index in [2.05, 4.69) is 0 Å². The average Bonchev–Trinajstić information content (AvgIpc) is 3.07. The maximum atomic E-state index is 12.8.